The number of aromatic amines is 1. The quantitative estimate of drug-likeness (QED) is 0.786. The minimum absolute atomic E-state index is 0.247. The molecule has 0 aliphatic heterocycles. The van der Waals surface area contributed by atoms with Crippen LogP contribution in [0.25, 0.3) is 11.3 Å². The Morgan fingerprint density at radius 3 is 2.73 bits per heavy atom. The van der Waals surface area contributed by atoms with Gasteiger partial charge in [0, 0.05) is 36.6 Å². The Labute approximate surface area is 128 Å². The molecule has 0 atom stereocenters. The Morgan fingerprint density at radius 2 is 1.95 bits per heavy atom. The highest BCUT2D eigenvalue weighted by molar-refractivity contribution is 5.63. The number of aromatic nitrogens is 3. The minimum Gasteiger partial charge on any atom is -0.298 e. The lowest BCUT2D eigenvalue weighted by Crippen LogP contribution is -2.17. The van der Waals surface area contributed by atoms with Crippen molar-refractivity contribution in [3.05, 3.63) is 71.9 Å². The third-order valence-corrected chi connectivity index (χ3v) is 3.48. The maximum atomic E-state index is 13.9. The van der Waals surface area contributed by atoms with Crippen LogP contribution in [0.15, 0.2) is 55.0 Å². The van der Waals surface area contributed by atoms with Gasteiger partial charge in [-0.1, -0.05) is 18.2 Å². The molecule has 0 fully saturated rings. The lowest BCUT2D eigenvalue weighted by atomic mass is 10.1. The first-order valence-electron chi connectivity index (χ1n) is 7.08. The topological polar surface area (TPSA) is 44.8 Å². The van der Waals surface area contributed by atoms with Gasteiger partial charge in [0.25, 0.3) is 0 Å². The van der Waals surface area contributed by atoms with Gasteiger partial charge in [-0.2, -0.15) is 5.10 Å². The highest BCUT2D eigenvalue weighted by Crippen LogP contribution is 2.24. The van der Waals surface area contributed by atoms with E-state index >= 15 is 0 Å². The van der Waals surface area contributed by atoms with Gasteiger partial charge in [-0.25, -0.2) is 4.39 Å². The molecule has 5 heteroatoms. The molecule has 2 heterocycles. The summed E-state index contributed by atoms with van der Waals surface area (Å²) in [7, 11) is 2.02. The van der Waals surface area contributed by atoms with E-state index in [0.29, 0.717) is 12.1 Å². The molecule has 0 bridgehead atoms. The monoisotopic (exact) mass is 296 g/mol. The summed E-state index contributed by atoms with van der Waals surface area (Å²) in [6.07, 6.45) is 5.36. The maximum Gasteiger partial charge on any atom is 0.132 e. The third-order valence-electron chi connectivity index (χ3n) is 3.48. The number of pyridine rings is 1. The van der Waals surface area contributed by atoms with Crippen LogP contribution >= 0.6 is 0 Å². The first-order chi connectivity index (χ1) is 10.7. The van der Waals surface area contributed by atoms with Gasteiger partial charge in [0.1, 0.15) is 5.82 Å². The average Bonchev–Trinajstić information content (AvgIpc) is 2.96. The number of halogens is 1. The summed E-state index contributed by atoms with van der Waals surface area (Å²) in [4.78, 5) is 6.26. The molecule has 0 radical (unpaired) electrons. The van der Waals surface area contributed by atoms with Crippen molar-refractivity contribution >= 4 is 0 Å². The summed E-state index contributed by atoms with van der Waals surface area (Å²) in [5, 5.41) is 6.97. The fourth-order valence-corrected chi connectivity index (χ4v) is 2.48. The number of nitrogens with one attached hydrogen (secondary N) is 1. The van der Waals surface area contributed by atoms with Crippen molar-refractivity contribution in [3.63, 3.8) is 0 Å². The smallest absolute Gasteiger partial charge is 0.132 e. The molecule has 0 saturated carbocycles. The molecule has 0 spiro atoms. The van der Waals surface area contributed by atoms with E-state index in [2.05, 4.69) is 20.1 Å². The molecule has 0 aliphatic rings. The molecule has 3 rings (SSSR count). The van der Waals surface area contributed by atoms with Gasteiger partial charge in [-0.3, -0.25) is 15.0 Å². The van der Waals surface area contributed by atoms with Crippen LogP contribution in [0.2, 0.25) is 0 Å². The van der Waals surface area contributed by atoms with Crippen LogP contribution in [0, 0.1) is 5.82 Å². The van der Waals surface area contributed by atoms with Gasteiger partial charge in [0.15, 0.2) is 0 Å². The van der Waals surface area contributed by atoms with Gasteiger partial charge in [0.05, 0.1) is 11.9 Å². The van der Waals surface area contributed by atoms with Crippen LogP contribution in [-0.4, -0.2) is 27.1 Å². The van der Waals surface area contributed by atoms with Crippen LogP contribution in [0.3, 0.4) is 0 Å². The summed E-state index contributed by atoms with van der Waals surface area (Å²) < 4.78 is 13.9. The highest BCUT2D eigenvalue weighted by atomic mass is 19.1. The molecular weight excluding hydrogens is 279 g/mol. The van der Waals surface area contributed by atoms with E-state index in [1.54, 1.807) is 24.5 Å². The molecule has 4 nitrogen and oxygen atoms in total. The van der Waals surface area contributed by atoms with Crippen molar-refractivity contribution in [2.45, 2.75) is 13.1 Å². The summed E-state index contributed by atoms with van der Waals surface area (Å²) in [6.45, 7) is 1.45. The largest absolute Gasteiger partial charge is 0.298 e. The van der Waals surface area contributed by atoms with Crippen LogP contribution in [0.5, 0.6) is 0 Å². The molecule has 2 aromatic heterocycles. The molecule has 0 saturated heterocycles. The van der Waals surface area contributed by atoms with Gasteiger partial charge in [-0.15, -0.1) is 0 Å². The first kappa shape index (κ1) is 14.4. The third kappa shape index (κ3) is 3.20. The molecule has 1 N–H and O–H groups in total. The van der Waals surface area contributed by atoms with Crippen LogP contribution in [-0.2, 0) is 13.1 Å². The maximum absolute atomic E-state index is 13.9. The van der Waals surface area contributed by atoms with Gasteiger partial charge in [-0.05, 0) is 30.8 Å². The van der Waals surface area contributed by atoms with Gasteiger partial charge < -0.3 is 0 Å². The number of nitrogens with zero attached hydrogens (tertiary/aromatic N) is 3. The van der Waals surface area contributed by atoms with Crippen molar-refractivity contribution in [2.75, 3.05) is 7.05 Å². The standard InChI is InChI=1S/C17H17FN4/c1-22(11-13-5-4-8-19-9-13)12-14-10-20-21-17(14)15-6-2-3-7-16(15)18/h2-10H,11-12H2,1H3,(H,20,21). The van der Waals surface area contributed by atoms with Crippen molar-refractivity contribution in [2.24, 2.45) is 0 Å². The van der Waals surface area contributed by atoms with E-state index in [0.717, 1.165) is 23.4 Å². The Bertz CT molecular complexity index is 739. The Morgan fingerprint density at radius 1 is 1.09 bits per heavy atom. The Kier molecular flexibility index (Phi) is 4.25. The molecule has 22 heavy (non-hydrogen) atoms. The zero-order chi connectivity index (χ0) is 15.4. The fraction of sp³-hybridized carbons (Fsp3) is 0.176. The number of benzene rings is 1. The lowest BCUT2D eigenvalue weighted by molar-refractivity contribution is 0.319. The summed E-state index contributed by atoms with van der Waals surface area (Å²) >= 11 is 0. The van der Waals surface area contributed by atoms with E-state index < -0.39 is 0 Å². The van der Waals surface area contributed by atoms with E-state index in [1.807, 2.05) is 31.4 Å². The zero-order valence-electron chi connectivity index (χ0n) is 12.3. The second-order valence-electron chi connectivity index (χ2n) is 5.28. The van der Waals surface area contributed by atoms with Crippen LogP contribution < -0.4 is 0 Å². The predicted molar refractivity (Wildman–Crippen MR) is 83.4 cm³/mol. The molecule has 112 valence electrons. The van der Waals surface area contributed by atoms with E-state index in [-0.39, 0.29) is 5.82 Å². The van der Waals surface area contributed by atoms with Crippen molar-refractivity contribution in [3.8, 4) is 11.3 Å². The minimum atomic E-state index is -0.247. The van der Waals surface area contributed by atoms with E-state index in [1.165, 1.54) is 6.07 Å². The van der Waals surface area contributed by atoms with E-state index in [9.17, 15) is 4.39 Å². The number of hydrogen-bond acceptors (Lipinski definition) is 3. The van der Waals surface area contributed by atoms with Crippen molar-refractivity contribution < 1.29 is 4.39 Å². The van der Waals surface area contributed by atoms with Crippen LogP contribution in [0.4, 0.5) is 4.39 Å². The molecule has 0 unspecified atom stereocenters. The molecule has 0 amide bonds. The van der Waals surface area contributed by atoms with E-state index in [4.69, 9.17) is 0 Å². The fourth-order valence-electron chi connectivity index (χ4n) is 2.48. The molecule has 1 aromatic carbocycles. The summed E-state index contributed by atoms with van der Waals surface area (Å²) in [5.74, 6) is -0.247. The second kappa shape index (κ2) is 6.49. The van der Waals surface area contributed by atoms with Crippen molar-refractivity contribution in [1.82, 2.24) is 20.1 Å². The average molecular weight is 296 g/mol. The lowest BCUT2D eigenvalue weighted by Gasteiger charge is -2.16. The van der Waals surface area contributed by atoms with Gasteiger partial charge in [0.2, 0.25) is 0 Å². The number of rotatable bonds is 5. The number of H-pyrrole nitrogens is 1. The predicted octanol–water partition coefficient (Wildman–Crippen LogP) is 3.24. The zero-order valence-corrected chi connectivity index (χ0v) is 12.3. The molecule has 3 aromatic rings. The molecular formula is C17H17FN4. The highest BCUT2D eigenvalue weighted by Gasteiger charge is 2.13. The number of hydrogen-bond donors (Lipinski definition) is 1. The normalized spacial score (nSPS) is 11.0. The summed E-state index contributed by atoms with van der Waals surface area (Å²) in [6, 6.07) is 10.7. The van der Waals surface area contributed by atoms with Crippen LogP contribution in [0.1, 0.15) is 11.1 Å². The first-order valence-corrected chi connectivity index (χ1v) is 7.08. The summed E-state index contributed by atoms with van der Waals surface area (Å²) in [5.41, 5.74) is 3.39. The Hall–Kier alpha value is -2.53. The van der Waals surface area contributed by atoms with Crippen molar-refractivity contribution in [1.29, 1.82) is 0 Å². The van der Waals surface area contributed by atoms with Gasteiger partial charge >= 0.3 is 0 Å². The SMILES string of the molecule is CN(Cc1cccnc1)Cc1cn[nH]c1-c1ccccc1F. The Balaban J connectivity index is 1.77. The second-order valence-corrected chi connectivity index (χ2v) is 5.28. The molecule has 0 aliphatic carbocycles.